The normalized spacial score (nSPS) is 10.9. The average molecular weight is 362 g/mol. The quantitative estimate of drug-likeness (QED) is 0.772. The molecule has 1 aromatic carbocycles. The van der Waals surface area contributed by atoms with Crippen LogP contribution in [0.4, 0.5) is 10.1 Å². The van der Waals surface area contributed by atoms with Gasteiger partial charge in [-0.05, 0) is 44.5 Å². The van der Waals surface area contributed by atoms with Crippen molar-refractivity contribution in [3.63, 3.8) is 0 Å². The highest BCUT2D eigenvalue weighted by Crippen LogP contribution is 2.19. The molecule has 3 aromatic rings. The van der Waals surface area contributed by atoms with Crippen LogP contribution in [0.25, 0.3) is 0 Å². The molecular formula is C17H17ClFN5O. The van der Waals surface area contributed by atoms with E-state index in [2.05, 4.69) is 15.5 Å². The molecule has 0 fully saturated rings. The van der Waals surface area contributed by atoms with Gasteiger partial charge in [-0.3, -0.25) is 9.48 Å². The van der Waals surface area contributed by atoms with E-state index in [0.29, 0.717) is 11.7 Å². The molecule has 8 heteroatoms. The summed E-state index contributed by atoms with van der Waals surface area (Å²) in [6.45, 7) is 5.83. The molecule has 2 aromatic heterocycles. The van der Waals surface area contributed by atoms with E-state index in [0.717, 1.165) is 17.0 Å². The topological polar surface area (TPSA) is 64.7 Å². The van der Waals surface area contributed by atoms with E-state index in [-0.39, 0.29) is 11.4 Å². The monoisotopic (exact) mass is 361 g/mol. The molecule has 0 unspecified atom stereocenters. The second-order valence-corrected chi connectivity index (χ2v) is 6.18. The minimum absolute atomic E-state index is 0.130. The smallest absolute Gasteiger partial charge is 0.276 e. The van der Waals surface area contributed by atoms with Gasteiger partial charge in [0.05, 0.1) is 22.1 Å². The van der Waals surface area contributed by atoms with Gasteiger partial charge in [-0.25, -0.2) is 9.07 Å². The van der Waals surface area contributed by atoms with E-state index in [1.165, 1.54) is 6.07 Å². The van der Waals surface area contributed by atoms with Gasteiger partial charge in [0.1, 0.15) is 12.5 Å². The summed E-state index contributed by atoms with van der Waals surface area (Å²) in [5.74, 6) is -0.967. The van der Waals surface area contributed by atoms with Crippen LogP contribution < -0.4 is 5.32 Å². The van der Waals surface area contributed by atoms with Crippen LogP contribution in [-0.2, 0) is 6.67 Å². The third-order valence-corrected chi connectivity index (χ3v) is 4.36. The van der Waals surface area contributed by atoms with Crippen LogP contribution in [0.2, 0.25) is 5.02 Å². The summed E-state index contributed by atoms with van der Waals surface area (Å²) in [6.07, 6.45) is 1.66. The molecule has 0 aliphatic carbocycles. The lowest BCUT2D eigenvalue weighted by Crippen LogP contribution is -2.16. The predicted octanol–water partition coefficient (Wildman–Crippen LogP) is 3.56. The number of nitrogens with zero attached hydrogens (tertiary/aromatic N) is 4. The van der Waals surface area contributed by atoms with Crippen LogP contribution in [0.15, 0.2) is 30.5 Å². The van der Waals surface area contributed by atoms with Crippen LogP contribution in [0, 0.1) is 26.6 Å². The number of aromatic nitrogens is 4. The number of nitrogens with one attached hydrogen (secondary N) is 1. The standard InChI is InChI=1S/C17H17ClFN5O/c1-10-4-5-13(19)15(8-10)20-17(25)14-6-7-23(22-14)9-24-12(3)16(18)11(2)21-24/h4-8H,9H2,1-3H3,(H,20,25). The van der Waals surface area contributed by atoms with Gasteiger partial charge in [0.25, 0.3) is 5.91 Å². The number of rotatable bonds is 4. The summed E-state index contributed by atoms with van der Waals surface area (Å²) < 4.78 is 17.0. The van der Waals surface area contributed by atoms with Crippen LogP contribution in [-0.4, -0.2) is 25.5 Å². The Morgan fingerprint density at radius 2 is 2.00 bits per heavy atom. The number of aryl methyl sites for hydroxylation is 2. The Labute approximate surface area is 149 Å². The largest absolute Gasteiger partial charge is 0.318 e. The lowest BCUT2D eigenvalue weighted by Gasteiger charge is -2.06. The molecule has 1 N–H and O–H groups in total. The highest BCUT2D eigenvalue weighted by atomic mass is 35.5. The number of carbonyl (C=O) groups excluding carboxylic acids is 1. The van der Waals surface area contributed by atoms with Crippen molar-refractivity contribution in [2.75, 3.05) is 5.32 Å². The van der Waals surface area contributed by atoms with Gasteiger partial charge in [0, 0.05) is 6.20 Å². The molecule has 1 amide bonds. The summed E-state index contributed by atoms with van der Waals surface area (Å²) in [4.78, 5) is 12.3. The van der Waals surface area contributed by atoms with E-state index in [1.54, 1.807) is 33.8 Å². The number of carbonyl (C=O) groups is 1. The van der Waals surface area contributed by atoms with Gasteiger partial charge in [-0.1, -0.05) is 17.7 Å². The number of hydrogen-bond acceptors (Lipinski definition) is 3. The molecule has 0 aliphatic rings. The highest BCUT2D eigenvalue weighted by Gasteiger charge is 2.14. The number of benzene rings is 1. The first kappa shape index (κ1) is 17.2. The van der Waals surface area contributed by atoms with Crippen LogP contribution in [0.1, 0.15) is 27.4 Å². The first-order valence-electron chi connectivity index (χ1n) is 7.65. The van der Waals surface area contributed by atoms with Crippen molar-refractivity contribution in [3.05, 3.63) is 63.9 Å². The van der Waals surface area contributed by atoms with Crippen LogP contribution in [0.5, 0.6) is 0 Å². The molecule has 0 saturated carbocycles. The summed E-state index contributed by atoms with van der Waals surface area (Å²) in [7, 11) is 0. The Morgan fingerprint density at radius 3 is 2.68 bits per heavy atom. The van der Waals surface area contributed by atoms with Gasteiger partial charge in [-0.15, -0.1) is 0 Å². The van der Waals surface area contributed by atoms with Crippen molar-refractivity contribution in [2.24, 2.45) is 0 Å². The third kappa shape index (κ3) is 3.56. The fraction of sp³-hybridized carbons (Fsp3) is 0.235. The summed E-state index contributed by atoms with van der Waals surface area (Å²) in [5, 5.41) is 11.7. The second-order valence-electron chi connectivity index (χ2n) is 5.80. The lowest BCUT2D eigenvalue weighted by atomic mass is 10.2. The SMILES string of the molecule is Cc1ccc(F)c(NC(=O)c2ccn(Cn3nc(C)c(Cl)c3C)n2)c1. The minimum Gasteiger partial charge on any atom is -0.318 e. The molecule has 0 bridgehead atoms. The van der Waals surface area contributed by atoms with E-state index >= 15 is 0 Å². The first-order chi connectivity index (χ1) is 11.8. The van der Waals surface area contributed by atoms with Crippen LogP contribution >= 0.6 is 11.6 Å². The van der Waals surface area contributed by atoms with Gasteiger partial charge in [0.15, 0.2) is 5.69 Å². The Balaban J connectivity index is 1.75. The summed E-state index contributed by atoms with van der Waals surface area (Å²) in [6, 6.07) is 6.09. The summed E-state index contributed by atoms with van der Waals surface area (Å²) in [5.41, 5.74) is 2.73. The highest BCUT2D eigenvalue weighted by molar-refractivity contribution is 6.31. The number of halogens is 2. The van der Waals surface area contributed by atoms with Gasteiger partial charge >= 0.3 is 0 Å². The molecule has 2 heterocycles. The van der Waals surface area contributed by atoms with Crippen molar-refractivity contribution < 1.29 is 9.18 Å². The number of hydrogen-bond donors (Lipinski definition) is 1. The second kappa shape index (κ2) is 6.68. The number of amides is 1. The molecule has 130 valence electrons. The lowest BCUT2D eigenvalue weighted by molar-refractivity contribution is 0.102. The average Bonchev–Trinajstić information content (AvgIpc) is 3.13. The summed E-state index contributed by atoms with van der Waals surface area (Å²) >= 11 is 6.13. The zero-order chi connectivity index (χ0) is 18.1. The molecule has 0 aliphatic heterocycles. The Kier molecular flexibility index (Phi) is 4.59. The Hall–Kier alpha value is -2.67. The van der Waals surface area contributed by atoms with E-state index in [9.17, 15) is 9.18 Å². The maximum Gasteiger partial charge on any atom is 0.276 e. The van der Waals surface area contributed by atoms with Crippen molar-refractivity contribution in [2.45, 2.75) is 27.4 Å². The predicted molar refractivity (Wildman–Crippen MR) is 93.4 cm³/mol. The molecule has 0 radical (unpaired) electrons. The van der Waals surface area contributed by atoms with Crippen LogP contribution in [0.3, 0.4) is 0 Å². The molecule has 0 spiro atoms. The van der Waals surface area contributed by atoms with Gasteiger partial charge < -0.3 is 5.32 Å². The fourth-order valence-corrected chi connectivity index (χ4v) is 2.57. The maximum absolute atomic E-state index is 13.8. The van der Waals surface area contributed by atoms with Crippen molar-refractivity contribution in [3.8, 4) is 0 Å². The van der Waals surface area contributed by atoms with Gasteiger partial charge in [0.2, 0.25) is 0 Å². The maximum atomic E-state index is 13.8. The fourth-order valence-electron chi connectivity index (χ4n) is 2.43. The zero-order valence-corrected chi connectivity index (χ0v) is 14.8. The van der Waals surface area contributed by atoms with E-state index < -0.39 is 11.7 Å². The van der Waals surface area contributed by atoms with Crippen molar-refractivity contribution >= 4 is 23.2 Å². The molecule has 6 nitrogen and oxygen atoms in total. The van der Waals surface area contributed by atoms with E-state index in [4.69, 9.17) is 11.6 Å². The molecule has 3 rings (SSSR count). The molecule has 0 saturated heterocycles. The Bertz CT molecular complexity index is 947. The molecule has 25 heavy (non-hydrogen) atoms. The van der Waals surface area contributed by atoms with Gasteiger partial charge in [-0.2, -0.15) is 10.2 Å². The molecule has 0 atom stereocenters. The van der Waals surface area contributed by atoms with Crippen molar-refractivity contribution in [1.29, 1.82) is 0 Å². The first-order valence-corrected chi connectivity index (χ1v) is 8.03. The van der Waals surface area contributed by atoms with Crippen molar-refractivity contribution in [1.82, 2.24) is 19.6 Å². The molecular weight excluding hydrogens is 345 g/mol. The minimum atomic E-state index is -0.490. The number of anilines is 1. The third-order valence-electron chi connectivity index (χ3n) is 3.82. The zero-order valence-electron chi connectivity index (χ0n) is 14.0. The van der Waals surface area contributed by atoms with E-state index in [1.807, 2.05) is 20.8 Å². The Morgan fingerprint density at radius 1 is 1.24 bits per heavy atom.